The molecule has 0 aliphatic carbocycles. The van der Waals surface area contributed by atoms with E-state index >= 15 is 0 Å². The summed E-state index contributed by atoms with van der Waals surface area (Å²) >= 11 is 0. The molecule has 1 rings (SSSR count). The first kappa shape index (κ1) is 35.2. The van der Waals surface area contributed by atoms with Crippen LogP contribution < -0.4 is 10.6 Å². The zero-order chi connectivity index (χ0) is 29.6. The van der Waals surface area contributed by atoms with E-state index in [2.05, 4.69) is 78.3 Å². The van der Waals surface area contributed by atoms with Crippen molar-refractivity contribution in [3.63, 3.8) is 0 Å². The van der Waals surface area contributed by atoms with Gasteiger partial charge in [-0.2, -0.15) is 0 Å². The Morgan fingerprint density at radius 2 is 1.25 bits per heavy atom. The lowest BCUT2D eigenvalue weighted by molar-refractivity contribution is -0.253. The minimum atomic E-state index is -1.62. The van der Waals surface area contributed by atoms with Crippen LogP contribution in [0.15, 0.2) is 72.9 Å². The van der Waals surface area contributed by atoms with Crippen molar-refractivity contribution in [3.05, 3.63) is 72.9 Å². The van der Waals surface area contributed by atoms with Crippen LogP contribution in [0.4, 0.5) is 0 Å². The average Bonchev–Trinajstić information content (AvgIpc) is 2.94. The standard InChI is InChI=1S/C31H48N2O7/c1-3-4-5-6-7-8-9-10-11-12-13-14-15-16-17-18-19-20-21-22-26(35)32-24(2)30(38)33-27-29(37)28(36)25(23-34)40-31(27)39/h4-5,7-8,10-11,13-14,16-17,19-20,24-25,27-29,31,34,36-37,39H,3,6,9,12,15,18,21-23H2,1-2H3,(H,32,35)(H,33,38)/t24-,25+,27+,28+,29+,31+/m0/s1. The van der Waals surface area contributed by atoms with Crippen LogP contribution >= 0.6 is 0 Å². The van der Waals surface area contributed by atoms with E-state index in [1.165, 1.54) is 6.92 Å². The van der Waals surface area contributed by atoms with Crippen molar-refractivity contribution < 1.29 is 34.8 Å². The van der Waals surface area contributed by atoms with Gasteiger partial charge in [-0.25, -0.2) is 0 Å². The topological polar surface area (TPSA) is 148 Å². The minimum Gasteiger partial charge on any atom is -0.394 e. The predicted octanol–water partition coefficient (Wildman–Crippen LogP) is 2.89. The van der Waals surface area contributed by atoms with Gasteiger partial charge in [-0.15, -0.1) is 0 Å². The SMILES string of the molecule is CCC=CCC=CCC=CCC=CCC=CCC=CCCC(=O)N[C@@H](C)C(=O)N[C@@H]1[C@@H](O)[C@H](O)[C@@H](CO)O[C@H]1O. The Kier molecular flexibility index (Phi) is 19.3. The molecule has 0 saturated carbocycles. The zero-order valence-corrected chi connectivity index (χ0v) is 23.8. The molecule has 1 aliphatic heterocycles. The second kappa shape index (κ2) is 21.9. The summed E-state index contributed by atoms with van der Waals surface area (Å²) in [5.41, 5.74) is 0. The quantitative estimate of drug-likeness (QED) is 0.141. The lowest BCUT2D eigenvalue weighted by Gasteiger charge is -2.40. The molecular formula is C31H48N2O7. The van der Waals surface area contributed by atoms with E-state index in [4.69, 9.17) is 9.84 Å². The van der Waals surface area contributed by atoms with Crippen molar-refractivity contribution in [2.45, 2.75) is 102 Å². The summed E-state index contributed by atoms with van der Waals surface area (Å²) in [5.74, 6) is -0.966. The van der Waals surface area contributed by atoms with Crippen molar-refractivity contribution in [2.24, 2.45) is 0 Å². The fourth-order valence-electron chi connectivity index (χ4n) is 3.78. The highest BCUT2D eigenvalue weighted by atomic mass is 16.6. The zero-order valence-electron chi connectivity index (χ0n) is 23.8. The third-order valence-electron chi connectivity index (χ3n) is 6.11. The lowest BCUT2D eigenvalue weighted by Crippen LogP contribution is -2.65. The summed E-state index contributed by atoms with van der Waals surface area (Å²) in [6, 6.07) is -2.23. The first-order chi connectivity index (χ1) is 19.3. The Balaban J connectivity index is 2.16. The number of hydrogen-bond donors (Lipinski definition) is 6. The number of nitrogens with one attached hydrogen (secondary N) is 2. The molecular weight excluding hydrogens is 512 g/mol. The van der Waals surface area contributed by atoms with Crippen LogP contribution in [-0.2, 0) is 14.3 Å². The van der Waals surface area contributed by atoms with E-state index in [1.54, 1.807) is 0 Å². The lowest BCUT2D eigenvalue weighted by atomic mass is 9.97. The molecule has 0 bridgehead atoms. The summed E-state index contributed by atoms with van der Waals surface area (Å²) in [4.78, 5) is 24.5. The summed E-state index contributed by atoms with van der Waals surface area (Å²) in [5, 5.41) is 44.1. The molecule has 6 N–H and O–H groups in total. The number of allylic oxidation sites excluding steroid dienone is 12. The van der Waals surface area contributed by atoms with E-state index in [0.29, 0.717) is 6.42 Å². The Bertz CT molecular complexity index is 894. The maximum absolute atomic E-state index is 12.4. The van der Waals surface area contributed by atoms with Crippen molar-refractivity contribution in [3.8, 4) is 0 Å². The van der Waals surface area contributed by atoms with Gasteiger partial charge in [-0.3, -0.25) is 9.59 Å². The number of aliphatic hydroxyl groups is 4. The molecule has 224 valence electrons. The number of carbonyl (C=O) groups is 2. The molecule has 0 aromatic carbocycles. The molecule has 9 heteroatoms. The Hall–Kier alpha value is -2.82. The summed E-state index contributed by atoms with van der Waals surface area (Å²) in [7, 11) is 0. The Labute approximate surface area is 238 Å². The van der Waals surface area contributed by atoms with Gasteiger partial charge < -0.3 is 35.8 Å². The Morgan fingerprint density at radius 1 is 0.775 bits per heavy atom. The molecule has 0 radical (unpaired) electrons. The van der Waals surface area contributed by atoms with Crippen molar-refractivity contribution in [1.82, 2.24) is 10.6 Å². The van der Waals surface area contributed by atoms with Gasteiger partial charge in [0.25, 0.3) is 0 Å². The second-order valence-electron chi connectivity index (χ2n) is 9.51. The van der Waals surface area contributed by atoms with Gasteiger partial charge in [0.1, 0.15) is 30.4 Å². The third kappa shape index (κ3) is 15.1. The molecule has 2 amide bonds. The van der Waals surface area contributed by atoms with Crippen LogP contribution in [0.5, 0.6) is 0 Å². The largest absolute Gasteiger partial charge is 0.394 e. The highest BCUT2D eigenvalue weighted by molar-refractivity contribution is 5.87. The molecule has 0 spiro atoms. The second-order valence-corrected chi connectivity index (χ2v) is 9.51. The molecule has 0 aromatic rings. The predicted molar refractivity (Wildman–Crippen MR) is 157 cm³/mol. The highest BCUT2D eigenvalue weighted by Gasteiger charge is 2.44. The van der Waals surface area contributed by atoms with Crippen LogP contribution in [-0.4, -0.2) is 75.5 Å². The van der Waals surface area contributed by atoms with E-state index < -0.39 is 49.2 Å². The monoisotopic (exact) mass is 560 g/mol. The van der Waals surface area contributed by atoms with E-state index in [1.807, 2.05) is 12.2 Å². The molecule has 1 saturated heterocycles. The number of hydrogen-bond acceptors (Lipinski definition) is 7. The van der Waals surface area contributed by atoms with Gasteiger partial charge in [0.2, 0.25) is 11.8 Å². The molecule has 0 unspecified atom stereocenters. The van der Waals surface area contributed by atoms with Gasteiger partial charge in [-0.05, 0) is 51.9 Å². The number of aliphatic hydroxyl groups excluding tert-OH is 4. The number of rotatable bonds is 18. The molecule has 9 nitrogen and oxygen atoms in total. The molecule has 40 heavy (non-hydrogen) atoms. The van der Waals surface area contributed by atoms with Crippen molar-refractivity contribution in [2.75, 3.05) is 6.61 Å². The summed E-state index contributed by atoms with van der Waals surface area (Å²) in [6.45, 7) is 3.01. The Morgan fingerprint density at radius 3 is 1.73 bits per heavy atom. The molecule has 1 fully saturated rings. The van der Waals surface area contributed by atoms with Crippen molar-refractivity contribution >= 4 is 11.8 Å². The highest BCUT2D eigenvalue weighted by Crippen LogP contribution is 2.19. The van der Waals surface area contributed by atoms with E-state index in [0.717, 1.165) is 38.5 Å². The summed E-state index contributed by atoms with van der Waals surface area (Å²) in [6.07, 6.45) is 25.9. The molecule has 0 aromatic heterocycles. The molecule has 1 aliphatic rings. The van der Waals surface area contributed by atoms with Crippen LogP contribution in [0.25, 0.3) is 0 Å². The van der Waals surface area contributed by atoms with Crippen LogP contribution in [0.1, 0.15) is 65.2 Å². The van der Waals surface area contributed by atoms with Crippen LogP contribution in [0, 0.1) is 0 Å². The molecule has 6 atom stereocenters. The first-order valence-electron chi connectivity index (χ1n) is 14.1. The van der Waals surface area contributed by atoms with Crippen LogP contribution in [0.3, 0.4) is 0 Å². The van der Waals surface area contributed by atoms with E-state index in [9.17, 15) is 24.9 Å². The first-order valence-corrected chi connectivity index (χ1v) is 14.1. The van der Waals surface area contributed by atoms with Gasteiger partial charge in [0.05, 0.1) is 6.61 Å². The van der Waals surface area contributed by atoms with Crippen LogP contribution in [0.2, 0.25) is 0 Å². The minimum absolute atomic E-state index is 0.203. The fraction of sp³-hybridized carbons (Fsp3) is 0.548. The van der Waals surface area contributed by atoms with Gasteiger partial charge in [0, 0.05) is 6.42 Å². The number of carbonyl (C=O) groups excluding carboxylic acids is 2. The normalized spacial score (nSPS) is 24.8. The maximum atomic E-state index is 12.4. The van der Waals surface area contributed by atoms with E-state index in [-0.39, 0.29) is 12.3 Å². The third-order valence-corrected chi connectivity index (χ3v) is 6.11. The summed E-state index contributed by atoms with van der Waals surface area (Å²) < 4.78 is 5.01. The average molecular weight is 561 g/mol. The van der Waals surface area contributed by atoms with Crippen molar-refractivity contribution in [1.29, 1.82) is 0 Å². The molecule has 1 heterocycles. The number of ether oxygens (including phenoxy) is 1. The smallest absolute Gasteiger partial charge is 0.242 e. The van der Waals surface area contributed by atoms with Gasteiger partial charge in [-0.1, -0.05) is 79.8 Å². The maximum Gasteiger partial charge on any atom is 0.242 e. The fourth-order valence-corrected chi connectivity index (χ4v) is 3.78. The van der Waals surface area contributed by atoms with Gasteiger partial charge in [0.15, 0.2) is 6.29 Å². The number of amides is 2. The van der Waals surface area contributed by atoms with Gasteiger partial charge >= 0.3 is 0 Å².